The SMILES string of the molecule is Cc1nc2ccccc2n1CCNC(=O)C1CC(O)CN1. The van der Waals surface area contributed by atoms with Gasteiger partial charge in [0.05, 0.1) is 23.2 Å². The Bertz CT molecular complexity index is 652. The van der Waals surface area contributed by atoms with Crippen LogP contribution >= 0.6 is 0 Å². The van der Waals surface area contributed by atoms with Crippen molar-refractivity contribution in [2.24, 2.45) is 0 Å². The van der Waals surface area contributed by atoms with E-state index in [1.54, 1.807) is 0 Å². The van der Waals surface area contributed by atoms with Crippen LogP contribution in [0.2, 0.25) is 0 Å². The Morgan fingerprint density at radius 3 is 3.10 bits per heavy atom. The Labute approximate surface area is 123 Å². The lowest BCUT2D eigenvalue weighted by Crippen LogP contribution is -2.41. The summed E-state index contributed by atoms with van der Waals surface area (Å²) in [6, 6.07) is 7.70. The summed E-state index contributed by atoms with van der Waals surface area (Å²) >= 11 is 0. The molecule has 6 nitrogen and oxygen atoms in total. The van der Waals surface area contributed by atoms with Gasteiger partial charge in [-0.05, 0) is 25.5 Å². The number of β-amino-alcohol motifs (C(OH)–C–C–N with tert-alkyl or cyclic N) is 1. The number of rotatable bonds is 4. The molecular formula is C15H20N4O2. The standard InChI is InChI=1S/C15H20N4O2/c1-10-18-12-4-2-3-5-14(12)19(10)7-6-16-15(21)13-8-11(20)9-17-13/h2-5,11,13,17,20H,6-9H2,1H3,(H,16,21). The van der Waals surface area contributed by atoms with E-state index in [9.17, 15) is 9.90 Å². The molecule has 1 fully saturated rings. The highest BCUT2D eigenvalue weighted by molar-refractivity contribution is 5.82. The number of benzene rings is 1. The molecule has 2 aromatic rings. The first-order valence-corrected chi connectivity index (χ1v) is 7.26. The molecule has 0 spiro atoms. The van der Waals surface area contributed by atoms with E-state index in [2.05, 4.69) is 20.2 Å². The van der Waals surface area contributed by atoms with Gasteiger partial charge in [0, 0.05) is 19.6 Å². The number of aliphatic hydroxyl groups is 1. The van der Waals surface area contributed by atoms with Gasteiger partial charge in [-0.3, -0.25) is 4.79 Å². The van der Waals surface area contributed by atoms with Crippen LogP contribution < -0.4 is 10.6 Å². The number of nitrogens with zero attached hydrogens (tertiary/aromatic N) is 2. The van der Waals surface area contributed by atoms with E-state index in [1.165, 1.54) is 0 Å². The molecule has 1 saturated heterocycles. The molecule has 1 aliphatic heterocycles. The van der Waals surface area contributed by atoms with E-state index in [0.717, 1.165) is 16.9 Å². The van der Waals surface area contributed by atoms with Crippen molar-refractivity contribution >= 4 is 16.9 Å². The van der Waals surface area contributed by atoms with Gasteiger partial charge in [-0.15, -0.1) is 0 Å². The zero-order valence-electron chi connectivity index (χ0n) is 12.0. The van der Waals surface area contributed by atoms with Gasteiger partial charge in [0.15, 0.2) is 0 Å². The van der Waals surface area contributed by atoms with Crippen molar-refractivity contribution in [3.05, 3.63) is 30.1 Å². The quantitative estimate of drug-likeness (QED) is 0.750. The van der Waals surface area contributed by atoms with Gasteiger partial charge >= 0.3 is 0 Å². The number of aromatic nitrogens is 2. The fraction of sp³-hybridized carbons (Fsp3) is 0.467. The fourth-order valence-corrected chi connectivity index (χ4v) is 2.81. The van der Waals surface area contributed by atoms with Crippen LogP contribution in [0.5, 0.6) is 0 Å². The molecule has 0 radical (unpaired) electrons. The van der Waals surface area contributed by atoms with Crippen LogP contribution in [0, 0.1) is 6.92 Å². The lowest BCUT2D eigenvalue weighted by atomic mass is 10.2. The predicted octanol–water partition coefficient (Wildman–Crippen LogP) is 0.184. The van der Waals surface area contributed by atoms with E-state index in [0.29, 0.717) is 26.1 Å². The highest BCUT2D eigenvalue weighted by atomic mass is 16.3. The summed E-state index contributed by atoms with van der Waals surface area (Å²) < 4.78 is 2.10. The first-order valence-electron chi connectivity index (χ1n) is 7.26. The third kappa shape index (κ3) is 2.91. The molecule has 112 valence electrons. The maximum absolute atomic E-state index is 12.0. The second-order valence-corrected chi connectivity index (χ2v) is 5.44. The number of nitrogens with one attached hydrogen (secondary N) is 2. The van der Waals surface area contributed by atoms with Gasteiger partial charge < -0.3 is 20.3 Å². The summed E-state index contributed by atoms with van der Waals surface area (Å²) in [6.45, 7) is 3.70. The van der Waals surface area contributed by atoms with Crippen molar-refractivity contribution in [2.75, 3.05) is 13.1 Å². The molecule has 2 atom stereocenters. The number of carbonyl (C=O) groups excluding carboxylic acids is 1. The molecular weight excluding hydrogens is 268 g/mol. The van der Waals surface area contributed by atoms with Crippen molar-refractivity contribution in [2.45, 2.75) is 32.0 Å². The topological polar surface area (TPSA) is 79.2 Å². The number of carbonyl (C=O) groups is 1. The Morgan fingerprint density at radius 1 is 1.52 bits per heavy atom. The number of amides is 1. The highest BCUT2D eigenvalue weighted by Gasteiger charge is 2.27. The smallest absolute Gasteiger partial charge is 0.237 e. The van der Waals surface area contributed by atoms with Gasteiger partial charge in [0.2, 0.25) is 5.91 Å². The van der Waals surface area contributed by atoms with Crippen molar-refractivity contribution in [3.8, 4) is 0 Å². The molecule has 3 N–H and O–H groups in total. The van der Waals surface area contributed by atoms with Crippen LogP contribution in [0.25, 0.3) is 11.0 Å². The van der Waals surface area contributed by atoms with Gasteiger partial charge in [0.25, 0.3) is 0 Å². The normalized spacial score (nSPS) is 21.8. The molecule has 0 bridgehead atoms. The van der Waals surface area contributed by atoms with Gasteiger partial charge in [-0.1, -0.05) is 12.1 Å². The Hall–Kier alpha value is -1.92. The number of imidazole rings is 1. The molecule has 0 aliphatic carbocycles. The van der Waals surface area contributed by atoms with Crippen LogP contribution in [0.15, 0.2) is 24.3 Å². The number of aliphatic hydroxyl groups excluding tert-OH is 1. The average Bonchev–Trinajstić information content (AvgIpc) is 3.03. The van der Waals surface area contributed by atoms with Crippen molar-refractivity contribution in [3.63, 3.8) is 0 Å². The number of fused-ring (bicyclic) bond motifs is 1. The number of hydrogen-bond acceptors (Lipinski definition) is 4. The first-order chi connectivity index (χ1) is 10.1. The molecule has 2 unspecified atom stereocenters. The zero-order chi connectivity index (χ0) is 14.8. The number of hydrogen-bond donors (Lipinski definition) is 3. The highest BCUT2D eigenvalue weighted by Crippen LogP contribution is 2.14. The largest absolute Gasteiger partial charge is 0.392 e. The summed E-state index contributed by atoms with van der Waals surface area (Å²) in [7, 11) is 0. The Balaban J connectivity index is 1.59. The summed E-state index contributed by atoms with van der Waals surface area (Å²) in [4.78, 5) is 16.5. The Morgan fingerprint density at radius 2 is 2.33 bits per heavy atom. The monoisotopic (exact) mass is 288 g/mol. The molecule has 1 amide bonds. The van der Waals surface area contributed by atoms with Gasteiger partial charge in [0.1, 0.15) is 5.82 Å². The van der Waals surface area contributed by atoms with Crippen LogP contribution in [0.3, 0.4) is 0 Å². The van der Waals surface area contributed by atoms with Crippen LogP contribution in [-0.4, -0.2) is 45.8 Å². The molecule has 0 saturated carbocycles. The molecule has 1 aromatic carbocycles. The van der Waals surface area contributed by atoms with Crippen molar-refractivity contribution < 1.29 is 9.90 Å². The average molecular weight is 288 g/mol. The molecule has 21 heavy (non-hydrogen) atoms. The minimum Gasteiger partial charge on any atom is -0.392 e. The Kier molecular flexibility index (Phi) is 3.90. The third-order valence-electron chi connectivity index (χ3n) is 3.90. The third-order valence-corrected chi connectivity index (χ3v) is 3.90. The van der Waals surface area contributed by atoms with E-state index in [-0.39, 0.29) is 11.9 Å². The van der Waals surface area contributed by atoms with Gasteiger partial charge in [-0.25, -0.2) is 4.98 Å². The van der Waals surface area contributed by atoms with Crippen LogP contribution in [0.4, 0.5) is 0 Å². The summed E-state index contributed by atoms with van der Waals surface area (Å²) in [5, 5.41) is 15.3. The second kappa shape index (κ2) is 5.83. The first kappa shape index (κ1) is 14.0. The van der Waals surface area contributed by atoms with E-state index in [4.69, 9.17) is 0 Å². The molecule has 3 rings (SSSR count). The van der Waals surface area contributed by atoms with E-state index >= 15 is 0 Å². The molecule has 2 heterocycles. The van der Waals surface area contributed by atoms with Crippen LogP contribution in [0.1, 0.15) is 12.2 Å². The van der Waals surface area contributed by atoms with Crippen LogP contribution in [-0.2, 0) is 11.3 Å². The lowest BCUT2D eigenvalue weighted by molar-refractivity contribution is -0.122. The minimum absolute atomic E-state index is 0.0476. The summed E-state index contributed by atoms with van der Waals surface area (Å²) in [6.07, 6.45) is 0.0689. The maximum atomic E-state index is 12.0. The molecule has 1 aromatic heterocycles. The number of para-hydroxylation sites is 2. The fourth-order valence-electron chi connectivity index (χ4n) is 2.81. The predicted molar refractivity (Wildman–Crippen MR) is 79.9 cm³/mol. The second-order valence-electron chi connectivity index (χ2n) is 5.44. The van der Waals surface area contributed by atoms with Crippen molar-refractivity contribution in [1.29, 1.82) is 0 Å². The maximum Gasteiger partial charge on any atom is 0.237 e. The van der Waals surface area contributed by atoms with Crippen molar-refractivity contribution in [1.82, 2.24) is 20.2 Å². The minimum atomic E-state index is -0.416. The lowest BCUT2D eigenvalue weighted by Gasteiger charge is -2.12. The molecule has 6 heteroatoms. The summed E-state index contributed by atoms with van der Waals surface area (Å²) in [5.74, 6) is 0.897. The summed E-state index contributed by atoms with van der Waals surface area (Å²) in [5.41, 5.74) is 2.06. The van der Waals surface area contributed by atoms with E-state index < -0.39 is 6.10 Å². The zero-order valence-corrected chi connectivity index (χ0v) is 12.0. The van der Waals surface area contributed by atoms with Gasteiger partial charge in [-0.2, -0.15) is 0 Å². The van der Waals surface area contributed by atoms with E-state index in [1.807, 2.05) is 31.2 Å². The number of aryl methyl sites for hydroxylation is 1. The molecule has 1 aliphatic rings.